The van der Waals surface area contributed by atoms with Crippen molar-refractivity contribution in [1.29, 1.82) is 0 Å². The quantitative estimate of drug-likeness (QED) is 0.626. The van der Waals surface area contributed by atoms with Crippen LogP contribution in [-0.2, 0) is 11.2 Å². The smallest absolute Gasteiger partial charge is 0.241 e. The van der Waals surface area contributed by atoms with Crippen LogP contribution in [0.5, 0.6) is 0 Å². The summed E-state index contributed by atoms with van der Waals surface area (Å²) in [5, 5.41) is 17.0. The molecular formula is C26H37N3O2. The van der Waals surface area contributed by atoms with Gasteiger partial charge in [0.15, 0.2) is 0 Å². The standard InChI is InChI=1S/C26H37N3O2/c1-18(27-5)25(31)28-21-13-11-19(12-14-21)17-22-15-16-23(29(22)26(2,3)4)24(30)20-9-7-6-8-10-20/h6-14,18,22-24,27,30H,15-17H2,1-5H3,(H,28,31)/t18-,22-,23+,24+/m0/s1. The number of aliphatic hydroxyl groups is 1. The molecule has 1 amide bonds. The van der Waals surface area contributed by atoms with Gasteiger partial charge in [0.2, 0.25) is 5.91 Å². The van der Waals surface area contributed by atoms with Gasteiger partial charge in [0.25, 0.3) is 0 Å². The number of nitrogens with zero attached hydrogens (tertiary/aromatic N) is 1. The molecule has 0 aliphatic carbocycles. The van der Waals surface area contributed by atoms with Crippen LogP contribution in [0.4, 0.5) is 5.69 Å². The van der Waals surface area contributed by atoms with Crippen molar-refractivity contribution in [2.45, 2.75) is 76.7 Å². The van der Waals surface area contributed by atoms with Gasteiger partial charge in [-0.05, 0) is 77.3 Å². The average molecular weight is 424 g/mol. The van der Waals surface area contributed by atoms with Crippen LogP contribution in [-0.4, -0.2) is 46.6 Å². The minimum absolute atomic E-state index is 0.0392. The molecule has 31 heavy (non-hydrogen) atoms. The van der Waals surface area contributed by atoms with E-state index >= 15 is 0 Å². The number of likely N-dealkylation sites (N-methyl/N-ethyl adjacent to an activating group) is 1. The Kier molecular flexibility index (Phi) is 7.52. The molecule has 0 unspecified atom stereocenters. The molecule has 3 rings (SSSR count). The Bertz CT molecular complexity index is 845. The van der Waals surface area contributed by atoms with Crippen molar-refractivity contribution in [1.82, 2.24) is 10.2 Å². The molecule has 1 aliphatic rings. The van der Waals surface area contributed by atoms with Gasteiger partial charge in [-0.3, -0.25) is 9.69 Å². The zero-order chi connectivity index (χ0) is 22.6. The first-order chi connectivity index (χ1) is 14.7. The van der Waals surface area contributed by atoms with E-state index in [0.717, 1.165) is 30.5 Å². The Morgan fingerprint density at radius 3 is 2.32 bits per heavy atom. The lowest BCUT2D eigenvalue weighted by Crippen LogP contribution is -2.51. The van der Waals surface area contributed by atoms with E-state index in [1.54, 1.807) is 7.05 Å². The second-order valence-electron chi connectivity index (χ2n) is 9.63. The lowest BCUT2D eigenvalue weighted by atomic mass is 9.95. The van der Waals surface area contributed by atoms with E-state index in [1.165, 1.54) is 5.56 Å². The second-order valence-corrected chi connectivity index (χ2v) is 9.63. The van der Waals surface area contributed by atoms with Gasteiger partial charge in [-0.1, -0.05) is 42.5 Å². The van der Waals surface area contributed by atoms with Gasteiger partial charge < -0.3 is 15.7 Å². The maximum atomic E-state index is 12.1. The average Bonchev–Trinajstić information content (AvgIpc) is 3.18. The highest BCUT2D eigenvalue weighted by Crippen LogP contribution is 2.39. The number of carbonyl (C=O) groups is 1. The first kappa shape index (κ1) is 23.5. The third-order valence-corrected chi connectivity index (χ3v) is 6.35. The number of aliphatic hydroxyl groups excluding tert-OH is 1. The van der Waals surface area contributed by atoms with E-state index in [1.807, 2.05) is 49.4 Å². The third-order valence-electron chi connectivity index (χ3n) is 6.35. The molecule has 5 heteroatoms. The zero-order valence-electron chi connectivity index (χ0n) is 19.4. The van der Waals surface area contributed by atoms with E-state index in [9.17, 15) is 9.90 Å². The number of hydrogen-bond donors (Lipinski definition) is 3. The molecule has 3 N–H and O–H groups in total. The molecule has 0 spiro atoms. The topological polar surface area (TPSA) is 64.6 Å². The Balaban J connectivity index is 1.71. The fourth-order valence-electron chi connectivity index (χ4n) is 4.72. The van der Waals surface area contributed by atoms with Gasteiger partial charge in [0.05, 0.1) is 12.1 Å². The van der Waals surface area contributed by atoms with Crippen LogP contribution in [0.2, 0.25) is 0 Å². The monoisotopic (exact) mass is 423 g/mol. The predicted octanol–water partition coefficient (Wildman–Crippen LogP) is 4.14. The summed E-state index contributed by atoms with van der Waals surface area (Å²) in [4.78, 5) is 14.6. The Morgan fingerprint density at radius 2 is 1.74 bits per heavy atom. The number of amides is 1. The number of hydrogen-bond acceptors (Lipinski definition) is 4. The van der Waals surface area contributed by atoms with Crippen LogP contribution in [0.15, 0.2) is 54.6 Å². The molecular weight excluding hydrogens is 386 g/mol. The number of likely N-dealkylation sites (tertiary alicyclic amines) is 1. The van der Waals surface area contributed by atoms with E-state index in [4.69, 9.17) is 0 Å². The molecule has 0 aromatic heterocycles. The normalized spacial score (nSPS) is 21.6. The van der Waals surface area contributed by atoms with Gasteiger partial charge in [0.1, 0.15) is 0 Å². The minimum Gasteiger partial charge on any atom is -0.387 e. The van der Waals surface area contributed by atoms with Crippen molar-refractivity contribution in [3.05, 3.63) is 65.7 Å². The number of carbonyl (C=O) groups excluding carboxylic acids is 1. The summed E-state index contributed by atoms with van der Waals surface area (Å²) in [5.41, 5.74) is 3.00. The third kappa shape index (κ3) is 5.73. The summed E-state index contributed by atoms with van der Waals surface area (Å²) < 4.78 is 0. The lowest BCUT2D eigenvalue weighted by molar-refractivity contribution is -0.117. The van der Waals surface area contributed by atoms with Crippen LogP contribution in [0.3, 0.4) is 0 Å². The molecule has 2 aromatic carbocycles. The van der Waals surface area contributed by atoms with Crippen LogP contribution in [0.25, 0.3) is 0 Å². The van der Waals surface area contributed by atoms with Crippen LogP contribution in [0, 0.1) is 0 Å². The fraction of sp³-hybridized carbons (Fsp3) is 0.500. The van der Waals surface area contributed by atoms with Crippen molar-refractivity contribution < 1.29 is 9.90 Å². The Morgan fingerprint density at radius 1 is 1.10 bits per heavy atom. The number of benzene rings is 2. The summed E-state index contributed by atoms with van der Waals surface area (Å²) in [6.45, 7) is 8.54. The maximum Gasteiger partial charge on any atom is 0.241 e. The largest absolute Gasteiger partial charge is 0.387 e. The van der Waals surface area contributed by atoms with Crippen molar-refractivity contribution in [2.24, 2.45) is 0 Å². The molecule has 1 aliphatic heterocycles. The van der Waals surface area contributed by atoms with E-state index in [2.05, 4.69) is 48.4 Å². The van der Waals surface area contributed by atoms with Crippen molar-refractivity contribution in [3.8, 4) is 0 Å². The number of rotatable bonds is 7. The molecule has 0 saturated carbocycles. The van der Waals surface area contributed by atoms with E-state index in [0.29, 0.717) is 6.04 Å². The fourth-order valence-corrected chi connectivity index (χ4v) is 4.72. The number of nitrogens with one attached hydrogen (secondary N) is 2. The van der Waals surface area contributed by atoms with Crippen LogP contribution in [0.1, 0.15) is 57.8 Å². The van der Waals surface area contributed by atoms with Gasteiger partial charge in [-0.15, -0.1) is 0 Å². The minimum atomic E-state index is -0.489. The maximum absolute atomic E-state index is 12.1. The molecule has 0 radical (unpaired) electrons. The molecule has 1 fully saturated rings. The lowest BCUT2D eigenvalue weighted by Gasteiger charge is -2.43. The highest BCUT2D eigenvalue weighted by Gasteiger charge is 2.43. The van der Waals surface area contributed by atoms with Crippen molar-refractivity contribution in [2.75, 3.05) is 12.4 Å². The van der Waals surface area contributed by atoms with Gasteiger partial charge in [-0.2, -0.15) is 0 Å². The molecule has 1 saturated heterocycles. The summed E-state index contributed by atoms with van der Waals surface area (Å²) in [7, 11) is 1.78. The first-order valence-corrected chi connectivity index (χ1v) is 11.3. The highest BCUT2D eigenvalue weighted by molar-refractivity contribution is 5.94. The van der Waals surface area contributed by atoms with Gasteiger partial charge in [-0.25, -0.2) is 0 Å². The van der Waals surface area contributed by atoms with E-state index in [-0.39, 0.29) is 23.5 Å². The number of anilines is 1. The molecule has 5 nitrogen and oxygen atoms in total. The van der Waals surface area contributed by atoms with Gasteiger partial charge in [0, 0.05) is 23.3 Å². The van der Waals surface area contributed by atoms with Crippen molar-refractivity contribution in [3.63, 3.8) is 0 Å². The molecule has 0 bridgehead atoms. The highest BCUT2D eigenvalue weighted by atomic mass is 16.3. The summed E-state index contributed by atoms with van der Waals surface area (Å²) in [6.07, 6.45) is 2.48. The molecule has 2 aromatic rings. The molecule has 1 heterocycles. The van der Waals surface area contributed by atoms with Crippen LogP contribution >= 0.6 is 0 Å². The van der Waals surface area contributed by atoms with Gasteiger partial charge >= 0.3 is 0 Å². The SMILES string of the molecule is CN[C@@H](C)C(=O)Nc1ccc(C[C@@H]2CC[C@H]([C@H](O)c3ccccc3)N2C(C)(C)C)cc1. The summed E-state index contributed by atoms with van der Waals surface area (Å²) >= 11 is 0. The predicted molar refractivity (Wildman–Crippen MR) is 127 cm³/mol. The summed E-state index contributed by atoms with van der Waals surface area (Å²) in [6, 6.07) is 18.4. The zero-order valence-corrected chi connectivity index (χ0v) is 19.4. The van der Waals surface area contributed by atoms with E-state index < -0.39 is 6.10 Å². The second kappa shape index (κ2) is 9.94. The van der Waals surface area contributed by atoms with Crippen molar-refractivity contribution >= 4 is 11.6 Å². The van der Waals surface area contributed by atoms with Crippen LogP contribution < -0.4 is 10.6 Å². The molecule has 4 atom stereocenters. The Hall–Kier alpha value is -2.21. The Labute approximate surface area is 186 Å². The summed E-state index contributed by atoms with van der Waals surface area (Å²) in [5.74, 6) is -0.0392. The molecule has 168 valence electrons. The first-order valence-electron chi connectivity index (χ1n) is 11.3.